The Morgan fingerprint density at radius 1 is 1.11 bits per heavy atom. The number of nitrogens with one attached hydrogen (secondary N) is 1. The summed E-state index contributed by atoms with van der Waals surface area (Å²) in [5.41, 5.74) is 6.53. The number of benzene rings is 2. The van der Waals surface area contributed by atoms with Gasteiger partial charge in [0.25, 0.3) is 0 Å². The number of imidazole rings is 1. The lowest BCUT2D eigenvalue weighted by molar-refractivity contribution is 0.122. The molecule has 10 heteroatoms. The molecular formula is C28H27N7O2S. The van der Waals surface area contributed by atoms with Gasteiger partial charge in [0.2, 0.25) is 5.95 Å². The van der Waals surface area contributed by atoms with E-state index in [1.165, 1.54) is 0 Å². The van der Waals surface area contributed by atoms with Gasteiger partial charge in [-0.3, -0.25) is 4.40 Å². The molecule has 6 rings (SSSR count). The number of nitrogens with zero attached hydrogens (tertiary/aromatic N) is 6. The number of hydrogen-bond acceptors (Lipinski definition) is 9. The standard InChI is InChI=1S/C28H27N7O2S/c1-2-37-30-19-20-5-3-6-21(17-20)25-26(35-13-16-38-28(35)33-25)24-9-10-29-27(32-24)31-22-7-4-8-23(18-22)34-11-14-36-15-12-34/h3-10,13,16-19H,2,11-12,14-15H2,1H3,(H,29,31,32)/b30-19+. The van der Waals surface area contributed by atoms with Gasteiger partial charge in [0.15, 0.2) is 4.96 Å². The minimum atomic E-state index is 0.523. The lowest BCUT2D eigenvalue weighted by Crippen LogP contribution is -2.36. The van der Waals surface area contributed by atoms with Gasteiger partial charge in [-0.15, -0.1) is 11.3 Å². The maximum absolute atomic E-state index is 5.49. The third-order valence-electron chi connectivity index (χ3n) is 6.20. The zero-order chi connectivity index (χ0) is 25.7. The average molecular weight is 526 g/mol. The highest BCUT2D eigenvalue weighted by Crippen LogP contribution is 2.34. The fourth-order valence-corrected chi connectivity index (χ4v) is 5.17. The van der Waals surface area contributed by atoms with Gasteiger partial charge in [0, 0.05) is 47.8 Å². The number of anilines is 3. The lowest BCUT2D eigenvalue weighted by Gasteiger charge is -2.29. The summed E-state index contributed by atoms with van der Waals surface area (Å²) in [7, 11) is 0. The molecular weight excluding hydrogens is 498 g/mol. The van der Waals surface area contributed by atoms with Gasteiger partial charge in [0.1, 0.15) is 12.3 Å². The number of fused-ring (bicyclic) bond motifs is 1. The van der Waals surface area contributed by atoms with E-state index in [4.69, 9.17) is 19.5 Å². The van der Waals surface area contributed by atoms with E-state index in [9.17, 15) is 0 Å². The highest BCUT2D eigenvalue weighted by molar-refractivity contribution is 7.15. The second kappa shape index (κ2) is 11.0. The number of thiazole rings is 1. The van der Waals surface area contributed by atoms with Gasteiger partial charge in [-0.2, -0.15) is 0 Å². The van der Waals surface area contributed by atoms with Crippen molar-refractivity contribution in [3.05, 3.63) is 77.9 Å². The van der Waals surface area contributed by atoms with Crippen molar-refractivity contribution in [1.82, 2.24) is 19.4 Å². The van der Waals surface area contributed by atoms with Crippen molar-refractivity contribution < 1.29 is 9.57 Å². The minimum Gasteiger partial charge on any atom is -0.396 e. The SMILES string of the molecule is CCO/N=C/c1cccc(-c2nc3sccn3c2-c2ccnc(Nc3cccc(N4CCOCC4)c3)n2)c1. The molecule has 4 heterocycles. The molecule has 0 saturated carbocycles. The molecule has 0 aliphatic carbocycles. The number of ether oxygens (including phenoxy) is 1. The second-order valence-corrected chi connectivity index (χ2v) is 9.56. The van der Waals surface area contributed by atoms with Crippen molar-refractivity contribution in [2.45, 2.75) is 6.92 Å². The maximum atomic E-state index is 5.49. The predicted octanol–water partition coefficient (Wildman–Crippen LogP) is 5.47. The Kier molecular flexibility index (Phi) is 6.97. The van der Waals surface area contributed by atoms with Crippen LogP contribution in [0.5, 0.6) is 0 Å². The first-order valence-corrected chi connectivity index (χ1v) is 13.4. The van der Waals surface area contributed by atoms with Crippen LogP contribution in [-0.4, -0.2) is 58.5 Å². The molecule has 1 fully saturated rings. The Labute approximate surface area is 224 Å². The molecule has 5 aromatic rings. The lowest BCUT2D eigenvalue weighted by atomic mass is 10.1. The number of aromatic nitrogens is 4. The van der Waals surface area contributed by atoms with Crippen molar-refractivity contribution in [1.29, 1.82) is 0 Å². The van der Waals surface area contributed by atoms with Crippen molar-refractivity contribution in [2.75, 3.05) is 43.1 Å². The number of oxime groups is 1. The minimum absolute atomic E-state index is 0.523. The first kappa shape index (κ1) is 24.1. The van der Waals surface area contributed by atoms with E-state index in [0.29, 0.717) is 12.6 Å². The number of hydrogen-bond donors (Lipinski definition) is 1. The van der Waals surface area contributed by atoms with Crippen LogP contribution in [-0.2, 0) is 9.57 Å². The average Bonchev–Trinajstić information content (AvgIpc) is 3.56. The summed E-state index contributed by atoms with van der Waals surface area (Å²) in [5, 5.41) is 9.42. The fraction of sp³-hybridized carbons (Fsp3) is 0.214. The van der Waals surface area contributed by atoms with Gasteiger partial charge >= 0.3 is 0 Å². The highest BCUT2D eigenvalue weighted by atomic mass is 32.1. The molecule has 3 aromatic heterocycles. The third-order valence-corrected chi connectivity index (χ3v) is 6.96. The summed E-state index contributed by atoms with van der Waals surface area (Å²) < 4.78 is 7.57. The van der Waals surface area contributed by atoms with Crippen molar-refractivity contribution >= 4 is 39.8 Å². The normalized spacial score (nSPS) is 13.9. The molecule has 0 unspecified atom stereocenters. The molecule has 192 valence electrons. The van der Waals surface area contributed by atoms with E-state index < -0.39 is 0 Å². The maximum Gasteiger partial charge on any atom is 0.227 e. The molecule has 1 N–H and O–H groups in total. The summed E-state index contributed by atoms with van der Waals surface area (Å²) in [6.45, 7) is 5.69. The Balaban J connectivity index is 1.33. The van der Waals surface area contributed by atoms with Crippen LogP contribution in [0.25, 0.3) is 27.6 Å². The molecule has 0 amide bonds. The van der Waals surface area contributed by atoms with Crippen molar-refractivity contribution in [3.8, 4) is 22.6 Å². The monoisotopic (exact) mass is 525 g/mol. The van der Waals surface area contributed by atoms with Crippen LogP contribution in [0, 0.1) is 0 Å². The Hall–Kier alpha value is -4.28. The van der Waals surface area contributed by atoms with E-state index in [0.717, 1.165) is 70.8 Å². The van der Waals surface area contributed by atoms with Crippen LogP contribution >= 0.6 is 11.3 Å². The van der Waals surface area contributed by atoms with Gasteiger partial charge in [0.05, 0.1) is 30.8 Å². The molecule has 0 radical (unpaired) electrons. The van der Waals surface area contributed by atoms with E-state index >= 15 is 0 Å². The topological polar surface area (TPSA) is 89.2 Å². The first-order valence-electron chi connectivity index (χ1n) is 12.5. The molecule has 0 bridgehead atoms. The van der Waals surface area contributed by atoms with E-state index in [1.54, 1.807) is 23.7 Å². The van der Waals surface area contributed by atoms with E-state index in [-0.39, 0.29) is 0 Å². The second-order valence-electron chi connectivity index (χ2n) is 8.68. The molecule has 38 heavy (non-hydrogen) atoms. The summed E-state index contributed by atoms with van der Waals surface area (Å²) in [6, 6.07) is 18.3. The third kappa shape index (κ3) is 5.09. The van der Waals surface area contributed by atoms with Gasteiger partial charge in [-0.25, -0.2) is 15.0 Å². The number of morpholine rings is 1. The van der Waals surface area contributed by atoms with Gasteiger partial charge in [-0.05, 0) is 42.8 Å². The molecule has 0 atom stereocenters. The van der Waals surface area contributed by atoms with Gasteiger partial charge in [-0.1, -0.05) is 29.4 Å². The van der Waals surface area contributed by atoms with Crippen LogP contribution in [0.1, 0.15) is 12.5 Å². The Morgan fingerprint density at radius 3 is 2.89 bits per heavy atom. The van der Waals surface area contributed by atoms with Crippen LogP contribution in [0.3, 0.4) is 0 Å². The number of rotatable bonds is 8. The predicted molar refractivity (Wildman–Crippen MR) is 152 cm³/mol. The summed E-state index contributed by atoms with van der Waals surface area (Å²) in [6.07, 6.45) is 5.51. The van der Waals surface area contributed by atoms with Crippen molar-refractivity contribution in [2.24, 2.45) is 5.16 Å². The quantitative estimate of drug-likeness (QED) is 0.212. The zero-order valence-corrected chi connectivity index (χ0v) is 21.8. The zero-order valence-electron chi connectivity index (χ0n) is 20.9. The largest absolute Gasteiger partial charge is 0.396 e. The van der Waals surface area contributed by atoms with E-state index in [1.807, 2.05) is 54.9 Å². The van der Waals surface area contributed by atoms with Crippen molar-refractivity contribution in [3.63, 3.8) is 0 Å². The van der Waals surface area contributed by atoms with Gasteiger partial charge < -0.3 is 19.8 Å². The molecule has 0 spiro atoms. The van der Waals surface area contributed by atoms with Crippen LogP contribution < -0.4 is 10.2 Å². The molecule has 1 saturated heterocycles. The van der Waals surface area contributed by atoms with E-state index in [2.05, 4.69) is 43.0 Å². The molecule has 9 nitrogen and oxygen atoms in total. The summed E-state index contributed by atoms with van der Waals surface area (Å²) in [4.78, 5) is 22.7. The summed E-state index contributed by atoms with van der Waals surface area (Å²) >= 11 is 1.59. The van der Waals surface area contributed by atoms with Crippen LogP contribution in [0.4, 0.5) is 17.3 Å². The summed E-state index contributed by atoms with van der Waals surface area (Å²) in [5.74, 6) is 0.523. The van der Waals surface area contributed by atoms with Crippen LogP contribution in [0.15, 0.2) is 77.5 Å². The fourth-order valence-electron chi connectivity index (χ4n) is 4.45. The Bertz CT molecular complexity index is 1570. The Morgan fingerprint density at radius 2 is 2.00 bits per heavy atom. The molecule has 2 aromatic carbocycles. The smallest absolute Gasteiger partial charge is 0.227 e. The molecule has 1 aliphatic heterocycles. The molecule has 1 aliphatic rings. The van der Waals surface area contributed by atoms with Crippen LogP contribution in [0.2, 0.25) is 0 Å². The first-order chi connectivity index (χ1) is 18.8. The highest BCUT2D eigenvalue weighted by Gasteiger charge is 2.19.